The molecular formula is C11H15BrN2O3. The summed E-state index contributed by atoms with van der Waals surface area (Å²) >= 11 is 3.37. The Morgan fingerprint density at radius 3 is 2.94 bits per heavy atom. The van der Waals surface area contributed by atoms with Gasteiger partial charge in [-0.1, -0.05) is 15.9 Å². The molecule has 0 fully saturated rings. The van der Waals surface area contributed by atoms with Crippen molar-refractivity contribution >= 4 is 21.9 Å². The number of benzene rings is 1. The number of carbonyl (C=O) groups is 1. The third kappa shape index (κ3) is 4.33. The Morgan fingerprint density at radius 1 is 1.65 bits per heavy atom. The van der Waals surface area contributed by atoms with E-state index in [2.05, 4.69) is 21.2 Å². The van der Waals surface area contributed by atoms with E-state index in [0.29, 0.717) is 6.54 Å². The first-order valence-corrected chi connectivity index (χ1v) is 5.85. The fraction of sp³-hybridized carbons (Fsp3) is 0.364. The Labute approximate surface area is 108 Å². The summed E-state index contributed by atoms with van der Waals surface area (Å²) in [6.07, 6.45) is 0. The number of nitrogens with two attached hydrogens (primary N) is 1. The predicted molar refractivity (Wildman–Crippen MR) is 68.0 cm³/mol. The zero-order valence-electron chi connectivity index (χ0n) is 9.44. The van der Waals surface area contributed by atoms with E-state index in [9.17, 15) is 4.79 Å². The molecule has 0 amide bonds. The van der Waals surface area contributed by atoms with E-state index in [4.69, 9.17) is 15.6 Å². The lowest BCUT2D eigenvalue weighted by Gasteiger charge is -2.11. The Balaban J connectivity index is 2.56. The van der Waals surface area contributed by atoms with Crippen LogP contribution >= 0.6 is 15.9 Å². The fourth-order valence-corrected chi connectivity index (χ4v) is 1.74. The molecule has 0 aliphatic carbocycles. The van der Waals surface area contributed by atoms with Crippen molar-refractivity contribution in [3.63, 3.8) is 0 Å². The van der Waals surface area contributed by atoms with Gasteiger partial charge in [-0.25, -0.2) is 0 Å². The average Bonchev–Trinajstić information content (AvgIpc) is 2.29. The summed E-state index contributed by atoms with van der Waals surface area (Å²) in [5.41, 5.74) is 6.32. The Morgan fingerprint density at radius 2 is 2.35 bits per heavy atom. The van der Waals surface area contributed by atoms with Crippen LogP contribution in [0.25, 0.3) is 0 Å². The van der Waals surface area contributed by atoms with Crippen LogP contribution < -0.4 is 15.8 Å². The third-order valence-corrected chi connectivity index (χ3v) is 2.73. The molecule has 17 heavy (non-hydrogen) atoms. The monoisotopic (exact) mass is 302 g/mol. The number of carboxylic acids is 1. The number of rotatable bonds is 6. The molecule has 94 valence electrons. The van der Waals surface area contributed by atoms with Gasteiger partial charge in [-0.05, 0) is 18.2 Å². The number of halogens is 1. The molecule has 0 aliphatic rings. The summed E-state index contributed by atoms with van der Waals surface area (Å²) in [6.45, 7) is 0.717. The van der Waals surface area contributed by atoms with E-state index in [0.717, 1.165) is 15.8 Å². The maximum absolute atomic E-state index is 10.5. The summed E-state index contributed by atoms with van der Waals surface area (Å²) in [5, 5.41) is 11.6. The number of methoxy groups -OCH3 is 1. The minimum atomic E-state index is -1.02. The van der Waals surface area contributed by atoms with Crippen LogP contribution in [0, 0.1) is 0 Å². The molecule has 1 rings (SSSR count). The minimum Gasteiger partial charge on any atom is -0.496 e. The number of aliphatic carboxylic acids is 1. The standard InChI is InChI=1S/C11H15BrN2O3/c1-17-10-3-2-8(12)4-7(10)5-14-6-9(13)11(15)16/h2-4,9,14H,5-6,13H2,1H3,(H,15,16). The molecule has 0 aromatic heterocycles. The van der Waals surface area contributed by atoms with Crippen molar-refractivity contribution < 1.29 is 14.6 Å². The molecule has 1 atom stereocenters. The first kappa shape index (κ1) is 14.0. The lowest BCUT2D eigenvalue weighted by atomic mass is 10.2. The van der Waals surface area contributed by atoms with Gasteiger partial charge in [-0.15, -0.1) is 0 Å². The summed E-state index contributed by atoms with van der Waals surface area (Å²) < 4.78 is 6.14. The van der Waals surface area contributed by atoms with Gasteiger partial charge in [0.05, 0.1) is 7.11 Å². The van der Waals surface area contributed by atoms with Crippen LogP contribution in [0.3, 0.4) is 0 Å². The highest BCUT2D eigenvalue weighted by Crippen LogP contribution is 2.22. The highest BCUT2D eigenvalue weighted by molar-refractivity contribution is 9.10. The van der Waals surface area contributed by atoms with Crippen molar-refractivity contribution in [3.8, 4) is 5.75 Å². The van der Waals surface area contributed by atoms with E-state index in [1.807, 2.05) is 18.2 Å². The summed E-state index contributed by atoms with van der Waals surface area (Å²) in [5.74, 6) is -0.261. The predicted octanol–water partition coefficient (Wildman–Crippen LogP) is 0.959. The Hall–Kier alpha value is -1.11. The van der Waals surface area contributed by atoms with Gasteiger partial charge in [0.2, 0.25) is 0 Å². The van der Waals surface area contributed by atoms with Crippen LogP contribution in [0.4, 0.5) is 0 Å². The third-order valence-electron chi connectivity index (χ3n) is 2.24. The van der Waals surface area contributed by atoms with Crippen LogP contribution in [0.5, 0.6) is 5.75 Å². The van der Waals surface area contributed by atoms with E-state index in [1.165, 1.54) is 0 Å². The first-order valence-electron chi connectivity index (χ1n) is 5.06. The molecule has 0 saturated heterocycles. The quantitative estimate of drug-likeness (QED) is 0.729. The largest absolute Gasteiger partial charge is 0.496 e. The molecule has 1 unspecified atom stereocenters. The molecule has 6 heteroatoms. The summed E-state index contributed by atoms with van der Waals surface area (Å²) in [7, 11) is 1.59. The molecule has 1 aromatic carbocycles. The molecule has 5 nitrogen and oxygen atoms in total. The number of carboxylic acid groups (broad SMARTS) is 1. The molecule has 0 bridgehead atoms. The average molecular weight is 303 g/mol. The Kier molecular flexibility index (Phi) is 5.40. The van der Waals surface area contributed by atoms with E-state index in [-0.39, 0.29) is 6.54 Å². The van der Waals surface area contributed by atoms with Gasteiger partial charge in [-0.2, -0.15) is 0 Å². The first-order chi connectivity index (χ1) is 8.04. The van der Waals surface area contributed by atoms with Gasteiger partial charge in [-0.3, -0.25) is 4.79 Å². The minimum absolute atomic E-state index is 0.213. The van der Waals surface area contributed by atoms with Crippen molar-refractivity contribution in [2.75, 3.05) is 13.7 Å². The second-order valence-electron chi connectivity index (χ2n) is 3.53. The molecule has 0 saturated carbocycles. The molecule has 0 radical (unpaired) electrons. The van der Waals surface area contributed by atoms with Crippen LogP contribution in [0.1, 0.15) is 5.56 Å². The summed E-state index contributed by atoms with van der Waals surface area (Å²) in [6, 6.07) is 4.75. The van der Waals surface area contributed by atoms with Crippen LogP contribution in [0.2, 0.25) is 0 Å². The number of ether oxygens (including phenoxy) is 1. The lowest BCUT2D eigenvalue weighted by molar-refractivity contribution is -0.138. The van der Waals surface area contributed by atoms with Crippen LogP contribution in [0.15, 0.2) is 22.7 Å². The van der Waals surface area contributed by atoms with Crippen molar-refractivity contribution in [2.45, 2.75) is 12.6 Å². The van der Waals surface area contributed by atoms with E-state index >= 15 is 0 Å². The number of nitrogens with one attached hydrogen (secondary N) is 1. The van der Waals surface area contributed by atoms with E-state index in [1.54, 1.807) is 7.11 Å². The van der Waals surface area contributed by atoms with Crippen molar-refractivity contribution in [3.05, 3.63) is 28.2 Å². The smallest absolute Gasteiger partial charge is 0.321 e. The highest BCUT2D eigenvalue weighted by Gasteiger charge is 2.11. The van der Waals surface area contributed by atoms with Gasteiger partial charge < -0.3 is 20.9 Å². The highest BCUT2D eigenvalue weighted by atomic mass is 79.9. The van der Waals surface area contributed by atoms with Crippen molar-refractivity contribution in [1.82, 2.24) is 5.32 Å². The van der Waals surface area contributed by atoms with Gasteiger partial charge in [0.15, 0.2) is 0 Å². The lowest BCUT2D eigenvalue weighted by Crippen LogP contribution is -2.40. The molecular weight excluding hydrogens is 288 g/mol. The van der Waals surface area contributed by atoms with Crippen molar-refractivity contribution in [1.29, 1.82) is 0 Å². The second kappa shape index (κ2) is 6.58. The van der Waals surface area contributed by atoms with Gasteiger partial charge in [0, 0.05) is 23.1 Å². The maximum atomic E-state index is 10.5. The van der Waals surface area contributed by atoms with Gasteiger partial charge in [0.25, 0.3) is 0 Å². The summed E-state index contributed by atoms with van der Waals surface area (Å²) in [4.78, 5) is 10.5. The topological polar surface area (TPSA) is 84.6 Å². The number of hydrogen-bond donors (Lipinski definition) is 3. The maximum Gasteiger partial charge on any atom is 0.321 e. The SMILES string of the molecule is COc1ccc(Br)cc1CNCC(N)C(=O)O. The molecule has 0 heterocycles. The van der Waals surface area contributed by atoms with Gasteiger partial charge >= 0.3 is 5.97 Å². The van der Waals surface area contributed by atoms with Crippen molar-refractivity contribution in [2.24, 2.45) is 5.73 Å². The Bertz CT molecular complexity index is 398. The van der Waals surface area contributed by atoms with Crippen LogP contribution in [-0.2, 0) is 11.3 Å². The molecule has 0 spiro atoms. The van der Waals surface area contributed by atoms with Gasteiger partial charge in [0.1, 0.15) is 11.8 Å². The van der Waals surface area contributed by atoms with Crippen LogP contribution in [-0.4, -0.2) is 30.8 Å². The molecule has 0 aliphatic heterocycles. The fourth-order valence-electron chi connectivity index (χ4n) is 1.33. The number of hydrogen-bond acceptors (Lipinski definition) is 4. The van der Waals surface area contributed by atoms with E-state index < -0.39 is 12.0 Å². The normalized spacial score (nSPS) is 12.2. The zero-order valence-corrected chi connectivity index (χ0v) is 11.0. The molecule has 4 N–H and O–H groups in total. The molecule has 1 aromatic rings. The zero-order chi connectivity index (χ0) is 12.8. The second-order valence-corrected chi connectivity index (χ2v) is 4.45.